The molecule has 0 unspecified atom stereocenters. The van der Waals surface area contributed by atoms with Crippen molar-refractivity contribution < 1.29 is 19.5 Å². The molecule has 8 heteroatoms. The van der Waals surface area contributed by atoms with Crippen LogP contribution in [0.4, 0.5) is 10.7 Å². The molecule has 2 aliphatic carbocycles. The number of carbonyl (C=O) groups is 3. The summed E-state index contributed by atoms with van der Waals surface area (Å²) in [5, 5.41) is 16.3. The highest BCUT2D eigenvalue weighted by Gasteiger charge is 2.35. The summed E-state index contributed by atoms with van der Waals surface area (Å²) in [7, 11) is 0. The highest BCUT2D eigenvalue weighted by atomic mass is 35.5. The molecule has 0 bridgehead atoms. The number of hydrogen-bond donors (Lipinski definition) is 3. The molecule has 0 fully saturated rings. The molecule has 0 saturated carbocycles. The molecule has 2 aromatic rings. The van der Waals surface area contributed by atoms with Crippen molar-refractivity contribution in [2.45, 2.75) is 32.1 Å². The molecule has 30 heavy (non-hydrogen) atoms. The smallest absolute Gasteiger partial charge is 0.307 e. The number of carboxylic acid groups (broad SMARTS) is 1. The number of amides is 2. The highest BCUT2D eigenvalue weighted by molar-refractivity contribution is 7.17. The van der Waals surface area contributed by atoms with Gasteiger partial charge in [-0.3, -0.25) is 14.4 Å². The van der Waals surface area contributed by atoms with Crippen molar-refractivity contribution >= 4 is 51.4 Å². The highest BCUT2D eigenvalue weighted by Crippen LogP contribution is 2.40. The van der Waals surface area contributed by atoms with E-state index < -0.39 is 17.8 Å². The van der Waals surface area contributed by atoms with Crippen molar-refractivity contribution in [2.24, 2.45) is 11.8 Å². The van der Waals surface area contributed by atoms with E-state index in [4.69, 9.17) is 11.6 Å². The lowest BCUT2D eigenvalue weighted by Crippen LogP contribution is -2.35. The van der Waals surface area contributed by atoms with E-state index in [1.165, 1.54) is 11.3 Å². The number of benzene rings is 1. The molecule has 1 heterocycles. The second kappa shape index (κ2) is 8.62. The standard InChI is InChI=1S/C22H21ClN2O4S/c23-12-8-10-13(11-9-12)24-20(27)18-16-6-3-7-17(16)30-21(18)25-19(26)14-4-1-2-5-15(14)22(28)29/h1-2,8-11,14-15H,3-7H2,(H,24,27)(H,25,26)(H,28,29)/t14-,15-/m0/s1. The van der Waals surface area contributed by atoms with Crippen LogP contribution in [0, 0.1) is 11.8 Å². The van der Waals surface area contributed by atoms with Crippen molar-refractivity contribution in [1.82, 2.24) is 0 Å². The average molecular weight is 445 g/mol. The summed E-state index contributed by atoms with van der Waals surface area (Å²) in [5.74, 6) is -3.03. The van der Waals surface area contributed by atoms with Crippen LogP contribution in [0.5, 0.6) is 0 Å². The number of hydrogen-bond acceptors (Lipinski definition) is 4. The summed E-state index contributed by atoms with van der Waals surface area (Å²) in [6.45, 7) is 0. The van der Waals surface area contributed by atoms with E-state index >= 15 is 0 Å². The minimum Gasteiger partial charge on any atom is -0.481 e. The van der Waals surface area contributed by atoms with Gasteiger partial charge in [-0.1, -0.05) is 23.8 Å². The Morgan fingerprint density at radius 1 is 1.00 bits per heavy atom. The zero-order chi connectivity index (χ0) is 21.3. The molecular formula is C22H21ClN2O4S. The average Bonchev–Trinajstić information content (AvgIpc) is 3.30. The fraction of sp³-hybridized carbons (Fsp3) is 0.318. The van der Waals surface area contributed by atoms with Gasteiger partial charge in [-0.05, 0) is 61.9 Å². The van der Waals surface area contributed by atoms with Gasteiger partial charge >= 0.3 is 5.97 Å². The maximum atomic E-state index is 13.1. The predicted molar refractivity (Wildman–Crippen MR) is 117 cm³/mol. The maximum absolute atomic E-state index is 13.1. The minimum atomic E-state index is -0.978. The number of nitrogens with one attached hydrogen (secondary N) is 2. The summed E-state index contributed by atoms with van der Waals surface area (Å²) in [5.41, 5.74) is 2.07. The van der Waals surface area contributed by atoms with Gasteiger partial charge in [0.1, 0.15) is 5.00 Å². The number of aryl methyl sites for hydroxylation is 1. The normalized spacial score (nSPS) is 19.9. The lowest BCUT2D eigenvalue weighted by atomic mass is 9.82. The van der Waals surface area contributed by atoms with Crippen LogP contribution in [-0.2, 0) is 22.4 Å². The van der Waals surface area contributed by atoms with Crippen molar-refractivity contribution in [1.29, 1.82) is 0 Å². The largest absolute Gasteiger partial charge is 0.481 e. The van der Waals surface area contributed by atoms with E-state index in [1.807, 2.05) is 6.08 Å². The Morgan fingerprint density at radius 2 is 1.70 bits per heavy atom. The Bertz CT molecular complexity index is 1030. The van der Waals surface area contributed by atoms with E-state index in [-0.39, 0.29) is 11.8 Å². The van der Waals surface area contributed by atoms with Gasteiger partial charge in [-0.15, -0.1) is 11.3 Å². The van der Waals surface area contributed by atoms with Crippen molar-refractivity contribution in [3.8, 4) is 0 Å². The van der Waals surface area contributed by atoms with Crippen LogP contribution < -0.4 is 10.6 Å². The Balaban J connectivity index is 1.59. The van der Waals surface area contributed by atoms with E-state index in [0.717, 1.165) is 29.7 Å². The van der Waals surface area contributed by atoms with E-state index in [2.05, 4.69) is 10.6 Å². The fourth-order valence-electron chi connectivity index (χ4n) is 4.04. The van der Waals surface area contributed by atoms with Gasteiger partial charge in [0.15, 0.2) is 0 Å². The molecule has 4 rings (SSSR count). The van der Waals surface area contributed by atoms with Crippen molar-refractivity contribution in [3.63, 3.8) is 0 Å². The second-order valence-corrected chi connectivity index (χ2v) is 9.05. The monoisotopic (exact) mass is 444 g/mol. The maximum Gasteiger partial charge on any atom is 0.307 e. The molecule has 0 aliphatic heterocycles. The van der Waals surface area contributed by atoms with Crippen LogP contribution in [0.1, 0.15) is 40.1 Å². The molecule has 156 valence electrons. The molecule has 2 amide bonds. The van der Waals surface area contributed by atoms with Crippen LogP contribution in [-0.4, -0.2) is 22.9 Å². The number of anilines is 2. The SMILES string of the molecule is O=C(Nc1ccc(Cl)cc1)c1c(NC(=O)[C@H]2CC=CC[C@@H]2C(=O)O)sc2c1CCC2. The number of halogens is 1. The van der Waals surface area contributed by atoms with Crippen LogP contribution in [0.15, 0.2) is 36.4 Å². The number of thiophene rings is 1. The first-order valence-electron chi connectivity index (χ1n) is 9.84. The number of carbonyl (C=O) groups excluding carboxylic acids is 2. The summed E-state index contributed by atoms with van der Waals surface area (Å²) >= 11 is 7.32. The molecule has 0 saturated heterocycles. The van der Waals surface area contributed by atoms with Gasteiger partial charge in [-0.2, -0.15) is 0 Å². The third-order valence-electron chi connectivity index (χ3n) is 5.57. The summed E-state index contributed by atoms with van der Waals surface area (Å²) < 4.78 is 0. The number of rotatable bonds is 5. The van der Waals surface area contributed by atoms with Gasteiger partial charge in [0.25, 0.3) is 5.91 Å². The number of aliphatic carboxylic acids is 1. The molecule has 1 aromatic carbocycles. The van der Waals surface area contributed by atoms with Gasteiger partial charge in [0.05, 0.1) is 17.4 Å². The lowest BCUT2D eigenvalue weighted by Gasteiger charge is -2.24. The Hall–Kier alpha value is -2.64. The topological polar surface area (TPSA) is 95.5 Å². The van der Waals surface area contributed by atoms with E-state index in [1.54, 1.807) is 30.3 Å². The molecule has 0 spiro atoms. The first-order chi connectivity index (χ1) is 14.4. The van der Waals surface area contributed by atoms with Crippen LogP contribution in [0.25, 0.3) is 0 Å². The quantitative estimate of drug-likeness (QED) is 0.580. The Morgan fingerprint density at radius 3 is 2.40 bits per heavy atom. The molecule has 3 N–H and O–H groups in total. The third-order valence-corrected chi connectivity index (χ3v) is 7.03. The minimum absolute atomic E-state index is 0.287. The zero-order valence-corrected chi connectivity index (χ0v) is 17.7. The zero-order valence-electron chi connectivity index (χ0n) is 16.1. The van der Waals surface area contributed by atoms with Crippen LogP contribution in [0.2, 0.25) is 5.02 Å². The Labute approximate surface area is 182 Å². The molecule has 2 aliphatic rings. The van der Waals surface area contributed by atoms with Crippen molar-refractivity contribution in [3.05, 3.63) is 57.4 Å². The Kier molecular flexibility index (Phi) is 5.92. The second-order valence-electron chi connectivity index (χ2n) is 7.51. The van der Waals surface area contributed by atoms with E-state index in [9.17, 15) is 19.5 Å². The predicted octanol–water partition coefficient (Wildman–Crippen LogP) is 4.75. The number of allylic oxidation sites excluding steroid dienone is 2. The fourth-order valence-corrected chi connectivity index (χ4v) is 5.46. The summed E-state index contributed by atoms with van der Waals surface area (Å²) in [4.78, 5) is 38.7. The molecule has 2 atom stereocenters. The number of fused-ring (bicyclic) bond motifs is 1. The number of carboxylic acids is 1. The summed E-state index contributed by atoms with van der Waals surface area (Å²) in [6, 6.07) is 6.83. The van der Waals surface area contributed by atoms with Crippen LogP contribution in [0.3, 0.4) is 0 Å². The lowest BCUT2D eigenvalue weighted by molar-refractivity contribution is -0.146. The van der Waals surface area contributed by atoms with Crippen LogP contribution >= 0.6 is 22.9 Å². The molecule has 0 radical (unpaired) electrons. The third kappa shape index (κ3) is 4.13. The molecule has 6 nitrogen and oxygen atoms in total. The van der Waals surface area contributed by atoms with Gasteiger partial charge in [0.2, 0.25) is 5.91 Å². The van der Waals surface area contributed by atoms with Gasteiger partial charge in [0, 0.05) is 15.6 Å². The first kappa shape index (κ1) is 20.6. The molecular weight excluding hydrogens is 424 g/mol. The van der Waals surface area contributed by atoms with Gasteiger partial charge in [-0.25, -0.2) is 0 Å². The molecule has 1 aromatic heterocycles. The van der Waals surface area contributed by atoms with Gasteiger partial charge < -0.3 is 15.7 Å². The summed E-state index contributed by atoms with van der Waals surface area (Å²) in [6.07, 6.45) is 6.99. The van der Waals surface area contributed by atoms with E-state index in [0.29, 0.717) is 34.1 Å². The van der Waals surface area contributed by atoms with Crippen molar-refractivity contribution in [2.75, 3.05) is 10.6 Å². The first-order valence-corrected chi connectivity index (χ1v) is 11.0.